The molecule has 2 aromatic carbocycles. The third-order valence-corrected chi connectivity index (χ3v) is 4.81. The van der Waals surface area contributed by atoms with Crippen LogP contribution in [0.15, 0.2) is 51.9 Å². The first-order valence-electron chi connectivity index (χ1n) is 9.14. The summed E-state index contributed by atoms with van der Waals surface area (Å²) in [6.45, 7) is 6.55. The molecule has 5 heteroatoms. The van der Waals surface area contributed by atoms with Crippen molar-refractivity contribution in [3.05, 3.63) is 58.4 Å². The van der Waals surface area contributed by atoms with Gasteiger partial charge in [-0.25, -0.2) is 0 Å². The van der Waals surface area contributed by atoms with Gasteiger partial charge in [0.25, 0.3) is 0 Å². The van der Waals surface area contributed by atoms with Crippen LogP contribution in [0.1, 0.15) is 19.4 Å². The fourth-order valence-electron chi connectivity index (χ4n) is 3.64. The van der Waals surface area contributed by atoms with E-state index < -0.39 is 0 Å². The van der Waals surface area contributed by atoms with E-state index in [4.69, 9.17) is 13.9 Å². The van der Waals surface area contributed by atoms with Gasteiger partial charge in [0, 0.05) is 18.7 Å². The molecule has 0 N–H and O–H groups in total. The highest BCUT2D eigenvalue weighted by Gasteiger charge is 2.23. The van der Waals surface area contributed by atoms with Gasteiger partial charge in [-0.1, -0.05) is 32.0 Å². The minimum atomic E-state index is -0.0652. The van der Waals surface area contributed by atoms with Crippen LogP contribution in [0.25, 0.3) is 22.1 Å². The fourth-order valence-corrected chi connectivity index (χ4v) is 3.64. The fraction of sp³-hybridized carbons (Fsp3) is 0.318. The number of rotatable bonds is 4. The topological polar surface area (TPSA) is 51.9 Å². The number of hydrogen-bond acceptors (Lipinski definition) is 5. The monoisotopic (exact) mass is 365 g/mol. The molecule has 4 rings (SSSR count). The first-order valence-corrected chi connectivity index (χ1v) is 9.14. The van der Waals surface area contributed by atoms with Crippen LogP contribution in [0.2, 0.25) is 0 Å². The Morgan fingerprint density at radius 3 is 2.74 bits per heavy atom. The maximum atomic E-state index is 13.2. The molecule has 0 unspecified atom stereocenters. The van der Waals surface area contributed by atoms with E-state index in [1.54, 1.807) is 13.2 Å². The Hall–Kier alpha value is -2.79. The molecule has 0 saturated heterocycles. The molecule has 2 heterocycles. The van der Waals surface area contributed by atoms with E-state index >= 15 is 0 Å². The van der Waals surface area contributed by atoms with Crippen LogP contribution in [0.4, 0.5) is 0 Å². The lowest BCUT2D eigenvalue weighted by molar-refractivity contribution is 0.0848. The van der Waals surface area contributed by atoms with E-state index in [2.05, 4.69) is 18.7 Å². The van der Waals surface area contributed by atoms with Gasteiger partial charge in [-0.05, 0) is 24.1 Å². The maximum Gasteiger partial charge on any atom is 0.200 e. The van der Waals surface area contributed by atoms with Gasteiger partial charge >= 0.3 is 0 Å². The summed E-state index contributed by atoms with van der Waals surface area (Å²) in [5, 5.41) is 0.562. The quantitative estimate of drug-likeness (QED) is 0.691. The Balaban J connectivity index is 1.83. The van der Waals surface area contributed by atoms with Crippen LogP contribution >= 0.6 is 0 Å². The van der Waals surface area contributed by atoms with Crippen molar-refractivity contribution in [1.29, 1.82) is 0 Å². The molecule has 0 bridgehead atoms. The molecule has 0 radical (unpaired) electrons. The highest BCUT2D eigenvalue weighted by Crippen LogP contribution is 2.34. The number of ether oxygens (including phenoxy) is 2. The lowest BCUT2D eigenvalue weighted by atomic mass is 10.0. The highest BCUT2D eigenvalue weighted by atomic mass is 16.5. The molecule has 1 aromatic heterocycles. The lowest BCUT2D eigenvalue weighted by Crippen LogP contribution is -2.34. The average Bonchev–Trinajstić information content (AvgIpc) is 2.67. The summed E-state index contributed by atoms with van der Waals surface area (Å²) in [6, 6.07) is 11.1. The second-order valence-electron chi connectivity index (χ2n) is 7.28. The normalized spacial score (nSPS) is 14.2. The van der Waals surface area contributed by atoms with Gasteiger partial charge in [0.1, 0.15) is 30.1 Å². The predicted octanol–water partition coefficient (Wildman–Crippen LogP) is 4.28. The van der Waals surface area contributed by atoms with Crippen molar-refractivity contribution in [3.63, 3.8) is 0 Å². The molecule has 27 heavy (non-hydrogen) atoms. The zero-order valence-electron chi connectivity index (χ0n) is 15.8. The van der Waals surface area contributed by atoms with Crippen LogP contribution in [-0.2, 0) is 6.54 Å². The number of hydrogen-bond donors (Lipinski definition) is 0. The third-order valence-electron chi connectivity index (χ3n) is 4.81. The first-order chi connectivity index (χ1) is 13.1. The molecule has 1 aliphatic rings. The molecule has 1 aliphatic heterocycles. The molecular weight excluding hydrogens is 342 g/mol. The molecule has 0 saturated carbocycles. The standard InChI is InChI=1S/C22H23NO4/c1-14(2)10-23-11-17-20(27-13-23)9-8-16-21(24)18(12-26-22(16)17)15-6-4-5-7-19(15)25-3/h4-9,12,14H,10-11,13H2,1-3H3. The Labute approximate surface area is 158 Å². The van der Waals surface area contributed by atoms with Crippen molar-refractivity contribution in [2.45, 2.75) is 20.4 Å². The molecule has 0 fully saturated rings. The highest BCUT2D eigenvalue weighted by molar-refractivity contribution is 5.86. The van der Waals surface area contributed by atoms with Crippen LogP contribution in [0, 0.1) is 5.92 Å². The van der Waals surface area contributed by atoms with Crippen molar-refractivity contribution in [2.75, 3.05) is 20.4 Å². The lowest BCUT2D eigenvalue weighted by Gasteiger charge is -2.30. The number of nitrogens with zero attached hydrogens (tertiary/aromatic N) is 1. The van der Waals surface area contributed by atoms with E-state index in [0.29, 0.717) is 41.5 Å². The minimum Gasteiger partial charge on any atom is -0.496 e. The van der Waals surface area contributed by atoms with Crippen LogP contribution in [0.5, 0.6) is 11.5 Å². The smallest absolute Gasteiger partial charge is 0.200 e. The molecular formula is C22H23NO4. The molecule has 0 amide bonds. The third kappa shape index (κ3) is 3.19. The van der Waals surface area contributed by atoms with Crippen LogP contribution < -0.4 is 14.9 Å². The minimum absolute atomic E-state index is 0.0652. The molecule has 140 valence electrons. The second kappa shape index (κ2) is 7.08. The zero-order valence-corrected chi connectivity index (χ0v) is 15.8. The summed E-state index contributed by atoms with van der Waals surface area (Å²) < 4.78 is 17.2. The molecule has 0 atom stereocenters. The van der Waals surface area contributed by atoms with Crippen LogP contribution in [0.3, 0.4) is 0 Å². The number of methoxy groups -OCH3 is 1. The van der Waals surface area contributed by atoms with E-state index in [0.717, 1.165) is 23.4 Å². The number of fused-ring (bicyclic) bond motifs is 3. The van der Waals surface area contributed by atoms with E-state index in [-0.39, 0.29) is 5.43 Å². The van der Waals surface area contributed by atoms with Crippen molar-refractivity contribution >= 4 is 11.0 Å². The summed E-state index contributed by atoms with van der Waals surface area (Å²) in [6.07, 6.45) is 1.53. The molecule has 0 aliphatic carbocycles. The Morgan fingerprint density at radius 1 is 1.15 bits per heavy atom. The number of para-hydroxylation sites is 1. The summed E-state index contributed by atoms with van der Waals surface area (Å²) in [5.74, 6) is 1.97. The Bertz CT molecular complexity index is 1040. The maximum absolute atomic E-state index is 13.2. The van der Waals surface area contributed by atoms with Gasteiger partial charge in [0.15, 0.2) is 0 Å². The first kappa shape index (κ1) is 17.6. The average molecular weight is 365 g/mol. The Kier molecular flexibility index (Phi) is 4.62. The van der Waals surface area contributed by atoms with Crippen LogP contribution in [-0.4, -0.2) is 25.3 Å². The van der Waals surface area contributed by atoms with Crippen molar-refractivity contribution in [3.8, 4) is 22.6 Å². The van der Waals surface area contributed by atoms with Crippen molar-refractivity contribution in [2.24, 2.45) is 5.92 Å². The zero-order chi connectivity index (χ0) is 19.0. The molecule has 3 aromatic rings. The summed E-state index contributed by atoms with van der Waals surface area (Å²) in [5.41, 5.74) is 2.69. The van der Waals surface area contributed by atoms with Gasteiger partial charge in [0.2, 0.25) is 5.43 Å². The summed E-state index contributed by atoms with van der Waals surface area (Å²) in [4.78, 5) is 15.4. The van der Waals surface area contributed by atoms with E-state index in [1.807, 2.05) is 30.3 Å². The second-order valence-corrected chi connectivity index (χ2v) is 7.28. The van der Waals surface area contributed by atoms with Gasteiger partial charge in [-0.2, -0.15) is 0 Å². The van der Waals surface area contributed by atoms with E-state index in [9.17, 15) is 4.79 Å². The largest absolute Gasteiger partial charge is 0.496 e. The SMILES string of the molecule is COc1ccccc1-c1coc2c3c(ccc2c1=O)OCN(CC(C)C)C3. The predicted molar refractivity (Wildman–Crippen MR) is 105 cm³/mol. The summed E-state index contributed by atoms with van der Waals surface area (Å²) >= 11 is 0. The van der Waals surface area contributed by atoms with Crippen molar-refractivity contribution < 1.29 is 13.9 Å². The number of benzene rings is 2. The van der Waals surface area contributed by atoms with Crippen molar-refractivity contribution in [1.82, 2.24) is 4.90 Å². The molecule has 5 nitrogen and oxygen atoms in total. The van der Waals surface area contributed by atoms with Gasteiger partial charge < -0.3 is 13.9 Å². The van der Waals surface area contributed by atoms with Gasteiger partial charge in [0.05, 0.1) is 23.6 Å². The molecule has 0 spiro atoms. The summed E-state index contributed by atoms with van der Waals surface area (Å²) in [7, 11) is 1.60. The van der Waals surface area contributed by atoms with Gasteiger partial charge in [-0.15, -0.1) is 0 Å². The van der Waals surface area contributed by atoms with E-state index in [1.165, 1.54) is 6.26 Å². The Morgan fingerprint density at radius 2 is 1.96 bits per heavy atom. The van der Waals surface area contributed by atoms with Gasteiger partial charge in [-0.3, -0.25) is 9.69 Å².